The number of rotatable bonds is 7. The van der Waals surface area contributed by atoms with Gasteiger partial charge >= 0.3 is 12.3 Å². The Balaban J connectivity index is 1.69. The molecule has 0 amide bonds. The summed E-state index contributed by atoms with van der Waals surface area (Å²) in [4.78, 5) is 12.4. The largest absolute Gasteiger partial charge is 0.573 e. The third kappa shape index (κ3) is 5.86. The van der Waals surface area contributed by atoms with Crippen molar-refractivity contribution in [2.45, 2.75) is 64.2 Å². The lowest BCUT2D eigenvalue weighted by molar-refractivity contribution is -0.275. The second-order valence-corrected chi connectivity index (χ2v) is 8.12. The maximum atomic E-state index is 14.6. The Morgan fingerprint density at radius 3 is 2.38 bits per heavy atom. The molecule has 1 aliphatic carbocycles. The first kappa shape index (κ1) is 24.2. The Morgan fingerprint density at radius 2 is 1.75 bits per heavy atom. The molecule has 0 aromatic heterocycles. The summed E-state index contributed by atoms with van der Waals surface area (Å²) >= 11 is 0. The second kappa shape index (κ2) is 10.0. The third-order valence-corrected chi connectivity index (χ3v) is 5.72. The van der Waals surface area contributed by atoms with Gasteiger partial charge in [-0.1, -0.05) is 38.7 Å². The topological polar surface area (TPSA) is 35.5 Å². The second-order valence-electron chi connectivity index (χ2n) is 8.12. The van der Waals surface area contributed by atoms with Crippen LogP contribution in [-0.4, -0.2) is 24.7 Å². The molecular weight excluding hydrogens is 438 g/mol. The minimum absolute atomic E-state index is 0.0872. The van der Waals surface area contributed by atoms with Crippen molar-refractivity contribution in [3.8, 4) is 11.5 Å². The van der Waals surface area contributed by atoms with Crippen molar-refractivity contribution in [1.82, 2.24) is 0 Å². The third-order valence-electron chi connectivity index (χ3n) is 5.72. The number of fused-ring (bicyclic) bond motifs is 1. The molecule has 2 aromatic rings. The Bertz CT molecular complexity index is 933. The summed E-state index contributed by atoms with van der Waals surface area (Å²) in [7, 11) is 0. The molecule has 0 spiro atoms. The number of hydrogen-bond donors (Lipinski definition) is 0. The van der Waals surface area contributed by atoms with Crippen LogP contribution in [0.2, 0.25) is 0 Å². The molecule has 3 rings (SSSR count). The van der Waals surface area contributed by atoms with Gasteiger partial charge in [-0.2, -0.15) is 0 Å². The molecular formula is C23H24F6O3. The molecule has 0 N–H and O–H groups in total. The van der Waals surface area contributed by atoms with E-state index in [4.69, 9.17) is 4.74 Å². The zero-order valence-corrected chi connectivity index (χ0v) is 17.4. The molecule has 0 radical (unpaired) electrons. The Morgan fingerprint density at radius 1 is 1.06 bits per heavy atom. The predicted octanol–water partition coefficient (Wildman–Crippen LogP) is 7.07. The monoisotopic (exact) mass is 462 g/mol. The molecule has 2 aromatic carbocycles. The van der Waals surface area contributed by atoms with E-state index >= 15 is 0 Å². The van der Waals surface area contributed by atoms with Crippen molar-refractivity contribution in [2.75, 3.05) is 0 Å². The maximum Gasteiger partial charge on any atom is 0.573 e. The van der Waals surface area contributed by atoms with Crippen LogP contribution in [-0.2, 0) is 4.79 Å². The molecule has 0 bridgehead atoms. The van der Waals surface area contributed by atoms with Gasteiger partial charge in [-0.25, -0.2) is 13.2 Å². The first-order valence-corrected chi connectivity index (χ1v) is 10.6. The van der Waals surface area contributed by atoms with Crippen LogP contribution in [0.1, 0.15) is 45.4 Å². The van der Waals surface area contributed by atoms with Gasteiger partial charge in [0.2, 0.25) is 0 Å². The fourth-order valence-electron chi connectivity index (χ4n) is 4.17. The molecule has 1 aliphatic rings. The average Bonchev–Trinajstić information content (AvgIpc) is 2.69. The number of carbonyl (C=O) groups excluding carboxylic acids is 1. The van der Waals surface area contributed by atoms with Gasteiger partial charge in [0.15, 0.2) is 11.6 Å². The summed E-state index contributed by atoms with van der Waals surface area (Å²) in [6, 6.07) is 5.43. The van der Waals surface area contributed by atoms with Gasteiger partial charge in [-0.3, -0.25) is 4.79 Å². The van der Waals surface area contributed by atoms with E-state index < -0.39 is 42.2 Å². The molecule has 32 heavy (non-hydrogen) atoms. The van der Waals surface area contributed by atoms with Crippen LogP contribution >= 0.6 is 0 Å². The minimum Gasteiger partial charge on any atom is -0.426 e. The van der Waals surface area contributed by atoms with Crippen molar-refractivity contribution in [3.63, 3.8) is 0 Å². The van der Waals surface area contributed by atoms with Gasteiger partial charge in [0, 0.05) is 5.39 Å². The number of benzene rings is 2. The average molecular weight is 462 g/mol. The Kier molecular flexibility index (Phi) is 7.56. The highest BCUT2D eigenvalue weighted by Gasteiger charge is 2.44. The summed E-state index contributed by atoms with van der Waals surface area (Å²) in [5.74, 6) is -5.04. The molecule has 1 fully saturated rings. The number of alkyl halides is 5. The van der Waals surface area contributed by atoms with E-state index in [1.54, 1.807) is 0 Å². The predicted molar refractivity (Wildman–Crippen MR) is 106 cm³/mol. The fourth-order valence-corrected chi connectivity index (χ4v) is 4.17. The molecule has 3 nitrogen and oxygen atoms in total. The maximum absolute atomic E-state index is 14.6. The van der Waals surface area contributed by atoms with E-state index in [0.717, 1.165) is 43.5 Å². The number of halogens is 6. The highest BCUT2D eigenvalue weighted by atomic mass is 19.4. The first-order chi connectivity index (χ1) is 15.1. The van der Waals surface area contributed by atoms with Gasteiger partial charge in [0.25, 0.3) is 0 Å². The molecule has 0 saturated heterocycles. The zero-order chi connectivity index (χ0) is 23.5. The molecule has 0 heterocycles. The van der Waals surface area contributed by atoms with Crippen molar-refractivity contribution in [1.29, 1.82) is 0 Å². The molecule has 9 heteroatoms. The fraction of sp³-hybridized carbons (Fsp3) is 0.522. The van der Waals surface area contributed by atoms with Gasteiger partial charge in [0.05, 0.1) is 0 Å². The van der Waals surface area contributed by atoms with Crippen LogP contribution in [0.5, 0.6) is 11.5 Å². The molecule has 2 atom stereocenters. The van der Waals surface area contributed by atoms with E-state index in [1.165, 1.54) is 6.07 Å². The highest BCUT2D eigenvalue weighted by Crippen LogP contribution is 2.38. The molecule has 1 saturated carbocycles. The normalized spacial score (nSPS) is 23.8. The lowest BCUT2D eigenvalue weighted by Crippen LogP contribution is -2.42. The molecule has 0 aliphatic heterocycles. The highest BCUT2D eigenvalue weighted by molar-refractivity contribution is 5.87. The van der Waals surface area contributed by atoms with E-state index in [2.05, 4.69) is 4.74 Å². The van der Waals surface area contributed by atoms with E-state index in [1.807, 2.05) is 6.92 Å². The summed E-state index contributed by atoms with van der Waals surface area (Å²) < 4.78 is 89.4. The van der Waals surface area contributed by atoms with E-state index in [9.17, 15) is 31.1 Å². The van der Waals surface area contributed by atoms with Gasteiger partial charge in [-0.05, 0) is 48.4 Å². The molecule has 2 unspecified atom stereocenters. The van der Waals surface area contributed by atoms with Crippen LogP contribution < -0.4 is 9.47 Å². The van der Waals surface area contributed by atoms with Gasteiger partial charge < -0.3 is 9.47 Å². The van der Waals surface area contributed by atoms with Crippen LogP contribution in [0, 0.1) is 17.7 Å². The number of unbranched alkanes of at least 4 members (excludes halogenated alkanes) is 2. The van der Waals surface area contributed by atoms with Crippen molar-refractivity contribution in [2.24, 2.45) is 11.8 Å². The molecule has 176 valence electrons. The SMILES string of the molecule is CCCCCC1CC(F)C(C(=O)Oc2ccc3c(F)c(OC(F)(F)F)ccc3c2)C(F)C1. The minimum atomic E-state index is -5.05. The quantitative estimate of drug-likeness (QED) is 0.191. The van der Waals surface area contributed by atoms with Gasteiger partial charge in [0.1, 0.15) is 24.0 Å². The van der Waals surface area contributed by atoms with Crippen molar-refractivity contribution >= 4 is 16.7 Å². The van der Waals surface area contributed by atoms with Crippen molar-refractivity contribution in [3.05, 3.63) is 36.1 Å². The van der Waals surface area contributed by atoms with Crippen molar-refractivity contribution < 1.29 is 40.6 Å². The van der Waals surface area contributed by atoms with E-state index in [-0.39, 0.29) is 35.3 Å². The van der Waals surface area contributed by atoms with Crippen LogP contribution in [0.15, 0.2) is 30.3 Å². The van der Waals surface area contributed by atoms with Gasteiger partial charge in [-0.15, -0.1) is 13.2 Å². The number of hydrogen-bond acceptors (Lipinski definition) is 3. The lowest BCUT2D eigenvalue weighted by Gasteiger charge is -2.33. The standard InChI is InChI=1S/C23H24F6O3/c1-2-3-4-5-13-10-17(24)20(18(25)11-13)22(30)31-15-7-8-16-14(12-15)6-9-19(21(16)26)32-23(27,28)29/h6-9,12-13,17-18,20H,2-5,10-11H2,1H3. The zero-order valence-electron chi connectivity index (χ0n) is 17.4. The number of carbonyl (C=O) groups is 1. The van der Waals surface area contributed by atoms with Crippen LogP contribution in [0.25, 0.3) is 10.8 Å². The van der Waals surface area contributed by atoms with Crippen LogP contribution in [0.4, 0.5) is 26.3 Å². The Labute approximate surface area is 181 Å². The number of esters is 1. The van der Waals surface area contributed by atoms with Crippen LogP contribution in [0.3, 0.4) is 0 Å². The summed E-state index contributed by atoms with van der Waals surface area (Å²) in [6.07, 6.45) is -4.61. The number of ether oxygens (including phenoxy) is 2. The summed E-state index contributed by atoms with van der Waals surface area (Å²) in [6.45, 7) is 2.04. The summed E-state index contributed by atoms with van der Waals surface area (Å²) in [5.41, 5.74) is 0. The Hall–Kier alpha value is -2.45. The van der Waals surface area contributed by atoms with E-state index in [0.29, 0.717) is 6.42 Å². The first-order valence-electron chi connectivity index (χ1n) is 10.6. The lowest BCUT2D eigenvalue weighted by atomic mass is 9.77. The smallest absolute Gasteiger partial charge is 0.426 e. The summed E-state index contributed by atoms with van der Waals surface area (Å²) in [5, 5.41) is -0.0542.